The van der Waals surface area contributed by atoms with Gasteiger partial charge in [-0.25, -0.2) is 8.42 Å². The standard InChI is InChI=1S/C27H32N2O5S/c1-20(2)25-12-8-9-13-26(25)33-19-18-28-27(30)21(3)29(35(4,31)32)22-14-16-24(17-15-22)34-23-10-6-5-7-11-23/h5-17,20-21H,18-19H2,1-4H3,(H,28,30)/t21-/m0/s1. The normalized spacial score (nSPS) is 12.1. The summed E-state index contributed by atoms with van der Waals surface area (Å²) < 4.78 is 37.8. The number of benzene rings is 3. The predicted octanol–water partition coefficient (Wildman–Crippen LogP) is 4.95. The maximum Gasteiger partial charge on any atom is 0.243 e. The van der Waals surface area contributed by atoms with E-state index in [0.717, 1.165) is 21.9 Å². The van der Waals surface area contributed by atoms with Gasteiger partial charge < -0.3 is 14.8 Å². The van der Waals surface area contributed by atoms with Crippen molar-refractivity contribution in [3.63, 3.8) is 0 Å². The number of hydrogen-bond acceptors (Lipinski definition) is 5. The SMILES string of the molecule is CC(C)c1ccccc1OCCNC(=O)[C@H](C)N(c1ccc(Oc2ccccc2)cc1)S(C)(=O)=O. The maximum absolute atomic E-state index is 12.8. The smallest absolute Gasteiger partial charge is 0.243 e. The number of nitrogens with one attached hydrogen (secondary N) is 1. The Morgan fingerprint density at radius 1 is 0.886 bits per heavy atom. The summed E-state index contributed by atoms with van der Waals surface area (Å²) >= 11 is 0. The maximum atomic E-state index is 12.8. The summed E-state index contributed by atoms with van der Waals surface area (Å²) in [4.78, 5) is 12.8. The van der Waals surface area contributed by atoms with Crippen molar-refractivity contribution >= 4 is 21.6 Å². The molecule has 7 nitrogen and oxygen atoms in total. The van der Waals surface area contributed by atoms with Crippen LogP contribution < -0.4 is 19.1 Å². The first-order valence-electron chi connectivity index (χ1n) is 11.5. The number of para-hydroxylation sites is 2. The lowest BCUT2D eigenvalue weighted by molar-refractivity contribution is -0.121. The third kappa shape index (κ3) is 7.23. The minimum atomic E-state index is -3.72. The molecule has 0 saturated heterocycles. The highest BCUT2D eigenvalue weighted by atomic mass is 32.2. The number of carbonyl (C=O) groups is 1. The Hall–Kier alpha value is -3.52. The zero-order chi connectivity index (χ0) is 25.4. The molecule has 1 atom stereocenters. The van der Waals surface area contributed by atoms with Crippen molar-refractivity contribution < 1.29 is 22.7 Å². The van der Waals surface area contributed by atoms with Crippen molar-refractivity contribution in [2.45, 2.75) is 32.7 Å². The van der Waals surface area contributed by atoms with E-state index in [2.05, 4.69) is 19.2 Å². The molecule has 0 radical (unpaired) electrons. The van der Waals surface area contributed by atoms with Crippen molar-refractivity contribution in [3.05, 3.63) is 84.4 Å². The largest absolute Gasteiger partial charge is 0.491 e. The highest BCUT2D eigenvalue weighted by molar-refractivity contribution is 7.92. The van der Waals surface area contributed by atoms with Gasteiger partial charge in [0.1, 0.15) is 29.9 Å². The Kier molecular flexibility index (Phi) is 8.76. The Labute approximate surface area is 207 Å². The van der Waals surface area contributed by atoms with Crippen molar-refractivity contribution in [1.29, 1.82) is 0 Å². The molecule has 8 heteroatoms. The van der Waals surface area contributed by atoms with Crippen molar-refractivity contribution in [2.75, 3.05) is 23.7 Å². The fraction of sp³-hybridized carbons (Fsp3) is 0.296. The molecule has 3 aromatic carbocycles. The third-order valence-electron chi connectivity index (χ3n) is 5.36. The molecule has 186 valence electrons. The van der Waals surface area contributed by atoms with Crippen LogP contribution in [0.1, 0.15) is 32.3 Å². The molecule has 0 unspecified atom stereocenters. The van der Waals surface area contributed by atoms with Crippen LogP contribution in [0.25, 0.3) is 0 Å². The fourth-order valence-corrected chi connectivity index (χ4v) is 4.84. The van der Waals surface area contributed by atoms with Crippen LogP contribution in [0.5, 0.6) is 17.2 Å². The summed E-state index contributed by atoms with van der Waals surface area (Å²) in [6, 6.07) is 22.7. The van der Waals surface area contributed by atoms with E-state index in [0.29, 0.717) is 23.1 Å². The van der Waals surface area contributed by atoms with E-state index in [1.165, 1.54) is 0 Å². The molecule has 0 aliphatic rings. The second kappa shape index (κ2) is 11.8. The summed E-state index contributed by atoms with van der Waals surface area (Å²) in [5, 5.41) is 2.77. The van der Waals surface area contributed by atoms with E-state index >= 15 is 0 Å². The third-order valence-corrected chi connectivity index (χ3v) is 6.60. The molecule has 0 aromatic heterocycles. The molecule has 0 spiro atoms. The number of anilines is 1. The van der Waals surface area contributed by atoms with Gasteiger partial charge in [-0.3, -0.25) is 9.10 Å². The number of ether oxygens (including phenoxy) is 2. The van der Waals surface area contributed by atoms with E-state index < -0.39 is 22.0 Å². The Morgan fingerprint density at radius 3 is 2.11 bits per heavy atom. The molecule has 0 fully saturated rings. The summed E-state index contributed by atoms with van der Waals surface area (Å²) in [5.41, 5.74) is 1.47. The lowest BCUT2D eigenvalue weighted by Gasteiger charge is -2.28. The summed E-state index contributed by atoms with van der Waals surface area (Å²) in [6.07, 6.45) is 1.08. The average Bonchev–Trinajstić information content (AvgIpc) is 2.83. The zero-order valence-electron chi connectivity index (χ0n) is 20.5. The minimum absolute atomic E-state index is 0.247. The van der Waals surface area contributed by atoms with Crippen LogP contribution >= 0.6 is 0 Å². The van der Waals surface area contributed by atoms with Crippen LogP contribution in [0.3, 0.4) is 0 Å². The Morgan fingerprint density at radius 2 is 1.49 bits per heavy atom. The van der Waals surface area contributed by atoms with Crippen molar-refractivity contribution in [3.8, 4) is 17.2 Å². The lowest BCUT2D eigenvalue weighted by atomic mass is 10.0. The molecule has 0 bridgehead atoms. The van der Waals surface area contributed by atoms with Gasteiger partial charge in [-0.15, -0.1) is 0 Å². The lowest BCUT2D eigenvalue weighted by Crippen LogP contribution is -2.48. The summed E-state index contributed by atoms with van der Waals surface area (Å²) in [5.74, 6) is 1.91. The molecule has 1 N–H and O–H groups in total. The average molecular weight is 497 g/mol. The van der Waals surface area contributed by atoms with Gasteiger partial charge >= 0.3 is 0 Å². The van der Waals surface area contributed by atoms with E-state index in [1.54, 1.807) is 31.2 Å². The van der Waals surface area contributed by atoms with Crippen LogP contribution in [-0.4, -0.2) is 39.8 Å². The molecule has 3 rings (SSSR count). The minimum Gasteiger partial charge on any atom is -0.491 e. The Balaban J connectivity index is 1.62. The van der Waals surface area contributed by atoms with Gasteiger partial charge in [0.15, 0.2) is 0 Å². The molecule has 1 amide bonds. The number of sulfonamides is 1. The van der Waals surface area contributed by atoms with Crippen molar-refractivity contribution in [2.24, 2.45) is 0 Å². The van der Waals surface area contributed by atoms with Crippen LogP contribution in [0.4, 0.5) is 5.69 Å². The van der Waals surface area contributed by atoms with Gasteiger partial charge in [-0.1, -0.05) is 50.2 Å². The van der Waals surface area contributed by atoms with Gasteiger partial charge in [0.2, 0.25) is 15.9 Å². The molecule has 0 saturated carbocycles. The molecule has 0 aliphatic carbocycles. The second-order valence-corrected chi connectivity index (χ2v) is 10.3. The van der Waals surface area contributed by atoms with Crippen LogP contribution in [0, 0.1) is 0 Å². The first-order chi connectivity index (χ1) is 16.7. The van der Waals surface area contributed by atoms with Gasteiger partial charge in [0.05, 0.1) is 18.5 Å². The predicted molar refractivity (Wildman–Crippen MR) is 139 cm³/mol. The first kappa shape index (κ1) is 26.1. The topological polar surface area (TPSA) is 84.9 Å². The molecule has 35 heavy (non-hydrogen) atoms. The highest BCUT2D eigenvalue weighted by Gasteiger charge is 2.29. The molecule has 0 aliphatic heterocycles. The summed E-state index contributed by atoms with van der Waals surface area (Å²) in [6.45, 7) is 6.25. The summed E-state index contributed by atoms with van der Waals surface area (Å²) in [7, 11) is -3.72. The Bertz CT molecular complexity index is 1210. The number of rotatable bonds is 11. The van der Waals surface area contributed by atoms with Crippen LogP contribution in [-0.2, 0) is 14.8 Å². The van der Waals surface area contributed by atoms with Gasteiger partial charge in [0.25, 0.3) is 0 Å². The molecule has 0 heterocycles. The van der Waals surface area contributed by atoms with E-state index in [4.69, 9.17) is 9.47 Å². The highest BCUT2D eigenvalue weighted by Crippen LogP contribution is 2.27. The molecular formula is C27H32N2O5S. The molecule has 3 aromatic rings. The number of amides is 1. The van der Waals surface area contributed by atoms with Crippen LogP contribution in [0.2, 0.25) is 0 Å². The number of hydrogen-bond donors (Lipinski definition) is 1. The van der Waals surface area contributed by atoms with Gasteiger partial charge in [-0.05, 0) is 60.9 Å². The van der Waals surface area contributed by atoms with E-state index in [1.807, 2.05) is 54.6 Å². The first-order valence-corrected chi connectivity index (χ1v) is 13.3. The van der Waals surface area contributed by atoms with Gasteiger partial charge in [-0.2, -0.15) is 0 Å². The van der Waals surface area contributed by atoms with E-state index in [9.17, 15) is 13.2 Å². The fourth-order valence-electron chi connectivity index (χ4n) is 3.67. The molecular weight excluding hydrogens is 464 g/mol. The second-order valence-electron chi connectivity index (χ2n) is 8.48. The van der Waals surface area contributed by atoms with E-state index in [-0.39, 0.29) is 13.2 Å². The number of carbonyl (C=O) groups excluding carboxylic acids is 1. The van der Waals surface area contributed by atoms with Crippen LogP contribution in [0.15, 0.2) is 78.9 Å². The monoisotopic (exact) mass is 496 g/mol. The van der Waals surface area contributed by atoms with Crippen molar-refractivity contribution in [1.82, 2.24) is 5.32 Å². The number of nitrogens with zero attached hydrogens (tertiary/aromatic N) is 1. The zero-order valence-corrected chi connectivity index (χ0v) is 21.3. The van der Waals surface area contributed by atoms with Gasteiger partial charge in [0, 0.05) is 0 Å². The quantitative estimate of drug-likeness (QED) is 0.380.